The Kier molecular flexibility index (Phi) is 3.44. The highest BCUT2D eigenvalue weighted by molar-refractivity contribution is 6.30. The van der Waals surface area contributed by atoms with Crippen molar-refractivity contribution in [3.63, 3.8) is 0 Å². The summed E-state index contributed by atoms with van der Waals surface area (Å²) < 4.78 is 18.1. The molecule has 0 saturated heterocycles. The summed E-state index contributed by atoms with van der Waals surface area (Å²) in [4.78, 5) is 3.70. The minimum absolute atomic E-state index is 0.394. The van der Waals surface area contributed by atoms with Crippen LogP contribution in [-0.4, -0.2) is 12.1 Å². The van der Waals surface area contributed by atoms with Gasteiger partial charge < -0.3 is 10.1 Å². The standard InChI is InChI=1S/C12H10ClFN2O/c1-17-10-6-5-8(13)7-9(10)15-12-4-2-3-11(14)16-12/h2-7H,1H3,(H,15,16). The molecule has 1 N–H and O–H groups in total. The van der Waals surface area contributed by atoms with Crippen LogP contribution in [0.1, 0.15) is 0 Å². The highest BCUT2D eigenvalue weighted by Crippen LogP contribution is 2.29. The highest BCUT2D eigenvalue weighted by atomic mass is 35.5. The van der Waals surface area contributed by atoms with Crippen molar-refractivity contribution >= 4 is 23.1 Å². The van der Waals surface area contributed by atoms with Crippen LogP contribution in [0.3, 0.4) is 0 Å². The monoisotopic (exact) mass is 252 g/mol. The third kappa shape index (κ3) is 2.85. The maximum absolute atomic E-state index is 12.9. The molecule has 2 rings (SSSR count). The van der Waals surface area contributed by atoms with Crippen LogP contribution >= 0.6 is 11.6 Å². The first-order chi connectivity index (χ1) is 8.19. The number of benzene rings is 1. The zero-order valence-electron chi connectivity index (χ0n) is 9.08. The van der Waals surface area contributed by atoms with Crippen molar-refractivity contribution in [2.45, 2.75) is 0 Å². The number of methoxy groups -OCH3 is 1. The maximum atomic E-state index is 12.9. The van der Waals surface area contributed by atoms with E-state index in [1.54, 1.807) is 37.4 Å². The number of hydrogen-bond acceptors (Lipinski definition) is 3. The molecule has 0 saturated carbocycles. The maximum Gasteiger partial charge on any atom is 0.214 e. The third-order valence-corrected chi connectivity index (χ3v) is 2.37. The van der Waals surface area contributed by atoms with Crippen molar-refractivity contribution in [1.82, 2.24) is 4.98 Å². The number of hydrogen-bond donors (Lipinski definition) is 1. The first kappa shape index (κ1) is 11.7. The van der Waals surface area contributed by atoms with E-state index in [2.05, 4.69) is 10.3 Å². The normalized spacial score (nSPS) is 10.1. The van der Waals surface area contributed by atoms with Crippen molar-refractivity contribution in [2.75, 3.05) is 12.4 Å². The molecule has 0 aliphatic heterocycles. The van der Waals surface area contributed by atoms with Crippen molar-refractivity contribution in [3.05, 3.63) is 47.4 Å². The molecule has 0 amide bonds. The first-order valence-corrected chi connectivity index (χ1v) is 5.30. The van der Waals surface area contributed by atoms with E-state index in [0.29, 0.717) is 22.3 Å². The quantitative estimate of drug-likeness (QED) is 0.847. The zero-order chi connectivity index (χ0) is 12.3. The van der Waals surface area contributed by atoms with Crippen LogP contribution in [0.5, 0.6) is 5.75 Å². The van der Waals surface area contributed by atoms with Gasteiger partial charge in [-0.15, -0.1) is 0 Å². The van der Waals surface area contributed by atoms with Gasteiger partial charge >= 0.3 is 0 Å². The SMILES string of the molecule is COc1ccc(Cl)cc1Nc1cccc(F)n1. The largest absolute Gasteiger partial charge is 0.495 e. The summed E-state index contributed by atoms with van der Waals surface area (Å²) in [6, 6.07) is 9.63. The van der Waals surface area contributed by atoms with E-state index >= 15 is 0 Å². The van der Waals surface area contributed by atoms with Gasteiger partial charge in [-0.1, -0.05) is 17.7 Å². The van der Waals surface area contributed by atoms with E-state index in [1.165, 1.54) is 6.07 Å². The van der Waals surface area contributed by atoms with E-state index in [0.717, 1.165) is 0 Å². The Morgan fingerprint density at radius 2 is 2.12 bits per heavy atom. The summed E-state index contributed by atoms with van der Waals surface area (Å²) in [5.41, 5.74) is 0.637. The van der Waals surface area contributed by atoms with Crippen LogP contribution in [0.25, 0.3) is 0 Å². The second kappa shape index (κ2) is 5.01. The molecule has 1 aromatic heterocycles. The summed E-state index contributed by atoms with van der Waals surface area (Å²) in [7, 11) is 1.55. The molecule has 5 heteroatoms. The second-order valence-electron chi connectivity index (χ2n) is 3.32. The van der Waals surface area contributed by atoms with Crippen LogP contribution in [0.2, 0.25) is 5.02 Å². The fraction of sp³-hybridized carbons (Fsp3) is 0.0833. The molecule has 0 bridgehead atoms. The predicted octanol–water partition coefficient (Wildman–Crippen LogP) is 3.63. The number of rotatable bonds is 3. The summed E-state index contributed by atoms with van der Waals surface area (Å²) in [5, 5.41) is 3.50. The summed E-state index contributed by atoms with van der Waals surface area (Å²) in [6.45, 7) is 0. The molecule has 0 aliphatic carbocycles. The van der Waals surface area contributed by atoms with E-state index < -0.39 is 5.95 Å². The third-order valence-electron chi connectivity index (χ3n) is 2.14. The van der Waals surface area contributed by atoms with Crippen LogP contribution in [0.15, 0.2) is 36.4 Å². The fourth-order valence-corrected chi connectivity index (χ4v) is 1.57. The smallest absolute Gasteiger partial charge is 0.214 e. The van der Waals surface area contributed by atoms with Gasteiger partial charge in [0.05, 0.1) is 12.8 Å². The molecular weight excluding hydrogens is 243 g/mol. The van der Waals surface area contributed by atoms with Gasteiger partial charge in [-0.2, -0.15) is 4.39 Å². The lowest BCUT2D eigenvalue weighted by Crippen LogP contribution is -1.97. The van der Waals surface area contributed by atoms with E-state index in [9.17, 15) is 4.39 Å². The van der Waals surface area contributed by atoms with Gasteiger partial charge in [-0.3, -0.25) is 0 Å². The fourth-order valence-electron chi connectivity index (χ4n) is 1.39. The zero-order valence-corrected chi connectivity index (χ0v) is 9.83. The van der Waals surface area contributed by atoms with Gasteiger partial charge in [0.15, 0.2) is 0 Å². The molecule has 88 valence electrons. The molecule has 2 aromatic rings. The van der Waals surface area contributed by atoms with Crippen molar-refractivity contribution in [3.8, 4) is 5.75 Å². The lowest BCUT2D eigenvalue weighted by Gasteiger charge is -2.10. The minimum atomic E-state index is -0.545. The summed E-state index contributed by atoms with van der Waals surface area (Å²) >= 11 is 5.88. The molecule has 0 unspecified atom stereocenters. The lowest BCUT2D eigenvalue weighted by atomic mass is 10.3. The number of ether oxygens (including phenoxy) is 1. The van der Waals surface area contributed by atoms with Gasteiger partial charge in [-0.05, 0) is 30.3 Å². The van der Waals surface area contributed by atoms with Gasteiger partial charge in [0.2, 0.25) is 5.95 Å². The Morgan fingerprint density at radius 3 is 2.82 bits per heavy atom. The molecule has 0 atom stereocenters. The molecule has 3 nitrogen and oxygen atoms in total. The molecular formula is C12H10ClFN2O. The minimum Gasteiger partial charge on any atom is -0.495 e. The summed E-state index contributed by atoms with van der Waals surface area (Å²) in [6.07, 6.45) is 0. The molecule has 17 heavy (non-hydrogen) atoms. The molecule has 1 heterocycles. The number of nitrogens with zero attached hydrogens (tertiary/aromatic N) is 1. The molecule has 1 aromatic carbocycles. The van der Waals surface area contributed by atoms with Crippen LogP contribution < -0.4 is 10.1 Å². The van der Waals surface area contributed by atoms with E-state index in [4.69, 9.17) is 16.3 Å². The number of pyridine rings is 1. The second-order valence-corrected chi connectivity index (χ2v) is 3.75. The number of halogens is 2. The van der Waals surface area contributed by atoms with Crippen molar-refractivity contribution in [1.29, 1.82) is 0 Å². The predicted molar refractivity (Wildman–Crippen MR) is 65.5 cm³/mol. The number of aromatic nitrogens is 1. The molecule has 0 fully saturated rings. The van der Waals surface area contributed by atoms with Crippen molar-refractivity contribution in [2.24, 2.45) is 0 Å². The van der Waals surface area contributed by atoms with E-state index in [-0.39, 0.29) is 0 Å². The Bertz CT molecular complexity index is 534. The number of anilines is 2. The molecule has 0 spiro atoms. The van der Waals surface area contributed by atoms with Crippen LogP contribution in [0.4, 0.5) is 15.9 Å². The lowest BCUT2D eigenvalue weighted by molar-refractivity contribution is 0.417. The Hall–Kier alpha value is -1.81. The van der Waals surface area contributed by atoms with E-state index in [1.807, 2.05) is 0 Å². The molecule has 0 aliphatic rings. The molecule has 0 radical (unpaired) electrons. The van der Waals surface area contributed by atoms with Gasteiger partial charge in [0.25, 0.3) is 0 Å². The van der Waals surface area contributed by atoms with Crippen molar-refractivity contribution < 1.29 is 9.13 Å². The topological polar surface area (TPSA) is 34.1 Å². The Balaban J connectivity index is 2.32. The summed E-state index contributed by atoms with van der Waals surface area (Å²) in [5.74, 6) is 0.460. The van der Waals surface area contributed by atoms with Gasteiger partial charge in [0.1, 0.15) is 11.6 Å². The van der Waals surface area contributed by atoms with Gasteiger partial charge in [0, 0.05) is 5.02 Å². The highest BCUT2D eigenvalue weighted by Gasteiger charge is 2.05. The number of nitrogens with one attached hydrogen (secondary N) is 1. The van der Waals surface area contributed by atoms with Gasteiger partial charge in [-0.25, -0.2) is 4.98 Å². The average molecular weight is 253 g/mol. The Morgan fingerprint density at radius 1 is 1.29 bits per heavy atom. The Labute approximate surface area is 103 Å². The first-order valence-electron chi connectivity index (χ1n) is 4.92. The average Bonchev–Trinajstić information content (AvgIpc) is 2.29. The van der Waals surface area contributed by atoms with Crippen LogP contribution in [-0.2, 0) is 0 Å². The van der Waals surface area contributed by atoms with Crippen LogP contribution in [0, 0.1) is 5.95 Å².